The van der Waals surface area contributed by atoms with Gasteiger partial charge in [0.25, 0.3) is 0 Å². The van der Waals surface area contributed by atoms with E-state index in [0.717, 1.165) is 11.3 Å². The first kappa shape index (κ1) is 23.2. The Morgan fingerprint density at radius 3 is 2.21 bits per heavy atom. The molecule has 0 saturated heterocycles. The van der Waals surface area contributed by atoms with Crippen molar-refractivity contribution in [2.75, 3.05) is 38.9 Å². The van der Waals surface area contributed by atoms with Gasteiger partial charge in [-0.1, -0.05) is 0 Å². The molecule has 29 heavy (non-hydrogen) atoms. The minimum Gasteiger partial charge on any atom is -0.496 e. The quantitative estimate of drug-likeness (QED) is 0.493. The van der Waals surface area contributed by atoms with Gasteiger partial charge in [0, 0.05) is 12.4 Å². The number of pyridine rings is 1. The number of aromatic nitrogens is 1. The molecular formula is C20H29N2O6P. The monoisotopic (exact) mass is 424 g/mol. The fraction of sp³-hybridized carbons (Fsp3) is 0.450. The van der Waals surface area contributed by atoms with Crippen LogP contribution in [0.15, 0.2) is 36.7 Å². The molecule has 0 aliphatic carbocycles. The van der Waals surface area contributed by atoms with Crippen LogP contribution in [0.2, 0.25) is 0 Å². The number of nitrogens with one attached hydrogen (secondary N) is 1. The second kappa shape index (κ2) is 11.2. The summed E-state index contributed by atoms with van der Waals surface area (Å²) in [5.74, 6) is 0.949. The number of hydrogen-bond acceptors (Lipinski definition) is 8. The molecule has 0 radical (unpaired) electrons. The number of aliphatic hydroxyl groups excluding tert-OH is 1. The zero-order chi connectivity index (χ0) is 21.3. The first-order chi connectivity index (χ1) is 14.0. The van der Waals surface area contributed by atoms with E-state index in [2.05, 4.69) is 10.3 Å². The molecule has 9 heteroatoms. The van der Waals surface area contributed by atoms with Gasteiger partial charge in [-0.05, 0) is 43.7 Å². The summed E-state index contributed by atoms with van der Waals surface area (Å²) in [4.78, 5) is 4.12. The van der Waals surface area contributed by atoms with E-state index in [1.807, 2.05) is 6.07 Å². The number of nitrogens with zero attached hydrogens (tertiary/aromatic N) is 1. The molecular weight excluding hydrogens is 395 g/mol. The second-order valence-corrected chi connectivity index (χ2v) is 8.23. The average molecular weight is 424 g/mol. The Kier molecular flexibility index (Phi) is 8.92. The molecule has 0 fully saturated rings. The van der Waals surface area contributed by atoms with Crippen LogP contribution in [0.4, 0.5) is 5.69 Å². The lowest BCUT2D eigenvalue weighted by molar-refractivity contribution is 0.219. The summed E-state index contributed by atoms with van der Waals surface area (Å²) in [5, 5.41) is 13.0. The van der Waals surface area contributed by atoms with Crippen LogP contribution >= 0.6 is 7.60 Å². The SMILES string of the molecule is CCOP(=O)(CC(Nc1cccnc1)c1cc(OC)c(CO)c(OC)c1)OCC. The van der Waals surface area contributed by atoms with Gasteiger partial charge < -0.3 is 28.9 Å². The summed E-state index contributed by atoms with van der Waals surface area (Å²) < 4.78 is 35.1. The molecule has 1 aromatic heterocycles. The van der Waals surface area contributed by atoms with E-state index in [9.17, 15) is 9.67 Å². The average Bonchev–Trinajstić information content (AvgIpc) is 2.73. The first-order valence-corrected chi connectivity index (χ1v) is 11.1. The second-order valence-electron chi connectivity index (χ2n) is 6.13. The van der Waals surface area contributed by atoms with Crippen molar-refractivity contribution in [1.82, 2.24) is 4.98 Å². The van der Waals surface area contributed by atoms with Crippen LogP contribution in [0.1, 0.15) is 31.0 Å². The van der Waals surface area contributed by atoms with Gasteiger partial charge in [-0.25, -0.2) is 0 Å². The van der Waals surface area contributed by atoms with Gasteiger partial charge in [0.15, 0.2) is 0 Å². The van der Waals surface area contributed by atoms with Crippen molar-refractivity contribution in [1.29, 1.82) is 0 Å². The number of anilines is 1. The molecule has 0 amide bonds. The number of hydrogen-bond donors (Lipinski definition) is 2. The molecule has 1 heterocycles. The number of methoxy groups -OCH3 is 2. The molecule has 1 unspecified atom stereocenters. The zero-order valence-electron chi connectivity index (χ0n) is 17.3. The molecule has 2 rings (SSSR count). The highest BCUT2D eigenvalue weighted by atomic mass is 31.2. The van der Waals surface area contributed by atoms with Crippen molar-refractivity contribution in [2.45, 2.75) is 26.5 Å². The Balaban J connectivity index is 2.50. The van der Waals surface area contributed by atoms with Gasteiger partial charge in [-0.15, -0.1) is 0 Å². The number of ether oxygens (including phenoxy) is 2. The third kappa shape index (κ3) is 6.18. The summed E-state index contributed by atoms with van der Waals surface area (Å²) in [6, 6.07) is 6.79. The topological polar surface area (TPSA) is 99.1 Å². The third-order valence-electron chi connectivity index (χ3n) is 4.25. The van der Waals surface area contributed by atoms with E-state index in [0.29, 0.717) is 17.1 Å². The van der Waals surface area contributed by atoms with Gasteiger partial charge in [0.1, 0.15) is 11.5 Å². The summed E-state index contributed by atoms with van der Waals surface area (Å²) in [5.41, 5.74) is 2.04. The first-order valence-electron chi connectivity index (χ1n) is 9.40. The van der Waals surface area contributed by atoms with Crippen LogP contribution in [0.5, 0.6) is 11.5 Å². The van der Waals surface area contributed by atoms with Gasteiger partial charge in [0.2, 0.25) is 0 Å². The molecule has 2 aromatic rings. The maximum atomic E-state index is 13.2. The number of rotatable bonds is 12. The maximum Gasteiger partial charge on any atom is 0.333 e. The molecule has 0 spiro atoms. The molecule has 1 aromatic carbocycles. The molecule has 0 aliphatic heterocycles. The fourth-order valence-electron chi connectivity index (χ4n) is 3.00. The Bertz CT molecular complexity index is 783. The van der Waals surface area contributed by atoms with Crippen molar-refractivity contribution in [2.24, 2.45) is 0 Å². The molecule has 2 N–H and O–H groups in total. The highest BCUT2D eigenvalue weighted by molar-refractivity contribution is 7.53. The standard InChI is InChI=1S/C20H29N2O6P/c1-5-27-29(24,28-6-2)14-18(22-16-8-7-9-21-12-16)15-10-19(25-3)17(13-23)20(11-15)26-4/h7-12,18,22-23H,5-6,13-14H2,1-4H3. The lowest BCUT2D eigenvalue weighted by Gasteiger charge is -2.26. The van der Waals surface area contributed by atoms with Gasteiger partial charge in [-0.2, -0.15) is 0 Å². The van der Waals surface area contributed by atoms with Crippen molar-refractivity contribution in [3.05, 3.63) is 47.8 Å². The smallest absolute Gasteiger partial charge is 0.333 e. The van der Waals surface area contributed by atoms with Crippen LogP contribution in [-0.2, 0) is 20.2 Å². The summed E-state index contributed by atoms with van der Waals surface area (Å²) in [6.45, 7) is 3.86. The van der Waals surface area contributed by atoms with E-state index in [1.165, 1.54) is 14.2 Å². The molecule has 0 bridgehead atoms. The van der Waals surface area contributed by atoms with Crippen LogP contribution in [-0.4, -0.2) is 43.7 Å². The Labute approximate surface area is 171 Å². The normalized spacial score (nSPS) is 12.4. The highest BCUT2D eigenvalue weighted by Crippen LogP contribution is 2.51. The van der Waals surface area contributed by atoms with Gasteiger partial charge in [0.05, 0.1) is 57.5 Å². The minimum absolute atomic E-state index is 0.0916. The minimum atomic E-state index is -3.36. The predicted molar refractivity (Wildman–Crippen MR) is 112 cm³/mol. The van der Waals surface area contributed by atoms with Crippen LogP contribution in [0.3, 0.4) is 0 Å². The number of benzene rings is 1. The van der Waals surface area contributed by atoms with Crippen LogP contribution in [0, 0.1) is 0 Å². The lowest BCUT2D eigenvalue weighted by Crippen LogP contribution is -2.18. The molecule has 8 nitrogen and oxygen atoms in total. The van der Waals surface area contributed by atoms with Crippen LogP contribution in [0.25, 0.3) is 0 Å². The maximum absolute atomic E-state index is 13.2. The molecule has 1 atom stereocenters. The number of aliphatic hydroxyl groups is 1. The van der Waals surface area contributed by atoms with Crippen molar-refractivity contribution in [3.63, 3.8) is 0 Å². The summed E-state index contributed by atoms with van der Waals surface area (Å²) in [6.07, 6.45) is 3.44. The fourth-order valence-corrected chi connectivity index (χ4v) is 4.83. The molecule has 0 saturated carbocycles. The van der Waals surface area contributed by atoms with Crippen molar-refractivity contribution >= 4 is 13.3 Å². The van der Waals surface area contributed by atoms with Crippen molar-refractivity contribution < 1.29 is 28.2 Å². The highest BCUT2D eigenvalue weighted by Gasteiger charge is 2.30. The lowest BCUT2D eigenvalue weighted by atomic mass is 10.0. The summed E-state index contributed by atoms with van der Waals surface area (Å²) >= 11 is 0. The van der Waals surface area contributed by atoms with Gasteiger partial charge in [-0.3, -0.25) is 9.55 Å². The van der Waals surface area contributed by atoms with E-state index in [1.54, 1.807) is 44.4 Å². The molecule has 160 valence electrons. The van der Waals surface area contributed by atoms with Gasteiger partial charge >= 0.3 is 7.60 Å². The third-order valence-corrected chi connectivity index (χ3v) is 6.37. The Morgan fingerprint density at radius 2 is 1.76 bits per heavy atom. The van der Waals surface area contributed by atoms with E-state index >= 15 is 0 Å². The van der Waals surface area contributed by atoms with Crippen LogP contribution < -0.4 is 14.8 Å². The largest absolute Gasteiger partial charge is 0.496 e. The Morgan fingerprint density at radius 1 is 1.14 bits per heavy atom. The van der Waals surface area contributed by atoms with E-state index in [-0.39, 0.29) is 26.0 Å². The predicted octanol–water partition coefficient (Wildman–Crippen LogP) is 4.01. The Hall–Kier alpha value is -2.12. The zero-order valence-corrected chi connectivity index (χ0v) is 18.1. The van der Waals surface area contributed by atoms with E-state index < -0.39 is 13.6 Å². The molecule has 0 aliphatic rings. The van der Waals surface area contributed by atoms with Crippen molar-refractivity contribution in [3.8, 4) is 11.5 Å². The van der Waals surface area contributed by atoms with E-state index in [4.69, 9.17) is 18.5 Å². The summed E-state index contributed by atoms with van der Waals surface area (Å²) in [7, 11) is -0.317.